The highest BCUT2D eigenvalue weighted by Gasteiger charge is 2.62. The van der Waals surface area contributed by atoms with Crippen molar-refractivity contribution in [2.75, 3.05) is 12.4 Å². The average molecular weight is 245 g/mol. The minimum atomic E-state index is -0.478. The molecule has 3 nitrogen and oxygen atoms in total. The van der Waals surface area contributed by atoms with E-state index in [0.717, 1.165) is 30.9 Å². The molecule has 3 heteroatoms. The number of esters is 1. The van der Waals surface area contributed by atoms with Crippen molar-refractivity contribution in [3.8, 4) is 0 Å². The average Bonchev–Trinajstić information content (AvgIpc) is 3.09. The zero-order valence-electron chi connectivity index (χ0n) is 10.9. The van der Waals surface area contributed by atoms with Crippen molar-refractivity contribution >= 4 is 11.7 Å². The van der Waals surface area contributed by atoms with Crippen LogP contribution in [0.25, 0.3) is 0 Å². The van der Waals surface area contributed by atoms with E-state index in [4.69, 9.17) is 4.74 Å². The van der Waals surface area contributed by atoms with Gasteiger partial charge in [-0.15, -0.1) is 0 Å². The highest BCUT2D eigenvalue weighted by molar-refractivity contribution is 5.86. The van der Waals surface area contributed by atoms with Gasteiger partial charge in [-0.1, -0.05) is 17.7 Å². The molecule has 0 heterocycles. The highest BCUT2D eigenvalue weighted by atomic mass is 16.5. The summed E-state index contributed by atoms with van der Waals surface area (Å²) in [4.78, 5) is 12.2. The van der Waals surface area contributed by atoms with Gasteiger partial charge in [0.1, 0.15) is 5.54 Å². The van der Waals surface area contributed by atoms with Gasteiger partial charge in [0.05, 0.1) is 7.11 Å². The van der Waals surface area contributed by atoms with E-state index in [0.29, 0.717) is 5.92 Å². The Kier molecular flexibility index (Phi) is 2.58. The topological polar surface area (TPSA) is 38.3 Å². The number of benzene rings is 1. The summed E-state index contributed by atoms with van der Waals surface area (Å²) < 4.78 is 5.03. The van der Waals surface area contributed by atoms with Crippen molar-refractivity contribution in [1.82, 2.24) is 0 Å². The van der Waals surface area contributed by atoms with Gasteiger partial charge in [-0.3, -0.25) is 0 Å². The van der Waals surface area contributed by atoms with Gasteiger partial charge >= 0.3 is 5.97 Å². The third-order valence-corrected chi connectivity index (χ3v) is 4.43. The normalized spacial score (nSPS) is 32.8. The minimum Gasteiger partial charge on any atom is -0.467 e. The molecule has 3 rings (SSSR count). The van der Waals surface area contributed by atoms with Crippen LogP contribution in [0.2, 0.25) is 0 Å². The summed E-state index contributed by atoms with van der Waals surface area (Å²) >= 11 is 0. The van der Waals surface area contributed by atoms with E-state index < -0.39 is 5.54 Å². The Labute approximate surface area is 108 Å². The third-order valence-electron chi connectivity index (χ3n) is 4.43. The fourth-order valence-electron chi connectivity index (χ4n) is 3.30. The van der Waals surface area contributed by atoms with Crippen molar-refractivity contribution in [2.45, 2.75) is 31.7 Å². The Balaban J connectivity index is 1.86. The molecule has 0 radical (unpaired) electrons. The Morgan fingerprint density at radius 1 is 1.39 bits per heavy atom. The molecule has 96 valence electrons. The molecule has 0 aromatic heterocycles. The molecule has 3 atom stereocenters. The van der Waals surface area contributed by atoms with Crippen molar-refractivity contribution in [3.05, 3.63) is 29.8 Å². The molecule has 2 fully saturated rings. The van der Waals surface area contributed by atoms with E-state index in [2.05, 4.69) is 24.4 Å². The van der Waals surface area contributed by atoms with E-state index in [1.807, 2.05) is 12.1 Å². The molecule has 0 aliphatic heterocycles. The number of fused-ring (bicyclic) bond motifs is 1. The van der Waals surface area contributed by atoms with Gasteiger partial charge in [-0.05, 0) is 50.2 Å². The molecule has 2 aliphatic carbocycles. The second-order valence-electron chi connectivity index (χ2n) is 5.59. The molecular weight excluding hydrogens is 226 g/mol. The maximum atomic E-state index is 12.2. The summed E-state index contributed by atoms with van der Waals surface area (Å²) in [6.07, 6.45) is 3.19. The van der Waals surface area contributed by atoms with Gasteiger partial charge in [0.15, 0.2) is 0 Å². The summed E-state index contributed by atoms with van der Waals surface area (Å²) in [7, 11) is 1.48. The van der Waals surface area contributed by atoms with Crippen molar-refractivity contribution in [3.63, 3.8) is 0 Å². The first-order valence-corrected chi connectivity index (χ1v) is 6.59. The Morgan fingerprint density at radius 3 is 2.61 bits per heavy atom. The lowest BCUT2D eigenvalue weighted by molar-refractivity contribution is -0.146. The predicted molar refractivity (Wildman–Crippen MR) is 70.4 cm³/mol. The third kappa shape index (κ3) is 1.69. The lowest BCUT2D eigenvalue weighted by Crippen LogP contribution is -2.47. The number of hydrogen-bond acceptors (Lipinski definition) is 3. The molecule has 0 amide bonds. The van der Waals surface area contributed by atoms with Crippen molar-refractivity contribution < 1.29 is 9.53 Å². The second kappa shape index (κ2) is 4.01. The van der Waals surface area contributed by atoms with Gasteiger partial charge in [-0.2, -0.15) is 0 Å². The molecule has 1 aromatic carbocycles. The molecular formula is C15H19NO2. The van der Waals surface area contributed by atoms with Crippen molar-refractivity contribution in [2.24, 2.45) is 11.8 Å². The molecule has 3 unspecified atom stereocenters. The van der Waals surface area contributed by atoms with E-state index in [1.165, 1.54) is 12.7 Å². The molecule has 2 saturated carbocycles. The monoisotopic (exact) mass is 245 g/mol. The Bertz CT molecular complexity index is 468. The van der Waals surface area contributed by atoms with Crippen LogP contribution in [0.15, 0.2) is 24.3 Å². The van der Waals surface area contributed by atoms with Gasteiger partial charge in [0.25, 0.3) is 0 Å². The molecule has 0 saturated heterocycles. The van der Waals surface area contributed by atoms with Crippen LogP contribution in [0.4, 0.5) is 5.69 Å². The molecule has 1 aromatic rings. The van der Waals surface area contributed by atoms with Gasteiger partial charge < -0.3 is 10.1 Å². The van der Waals surface area contributed by atoms with E-state index in [-0.39, 0.29) is 5.97 Å². The molecule has 2 aliphatic rings. The van der Waals surface area contributed by atoms with Crippen molar-refractivity contribution in [1.29, 1.82) is 0 Å². The first kappa shape index (κ1) is 11.6. The van der Waals surface area contributed by atoms with E-state index >= 15 is 0 Å². The van der Waals surface area contributed by atoms with Crippen LogP contribution < -0.4 is 5.32 Å². The fourth-order valence-corrected chi connectivity index (χ4v) is 3.30. The maximum absolute atomic E-state index is 12.2. The summed E-state index contributed by atoms with van der Waals surface area (Å²) in [5.41, 5.74) is 1.76. The molecule has 18 heavy (non-hydrogen) atoms. The van der Waals surface area contributed by atoms with Gasteiger partial charge in [-0.25, -0.2) is 4.79 Å². The first-order valence-electron chi connectivity index (χ1n) is 6.59. The number of anilines is 1. The largest absolute Gasteiger partial charge is 0.467 e. The summed E-state index contributed by atoms with van der Waals surface area (Å²) in [5, 5.41) is 3.45. The standard InChI is InChI=1S/C15H19NO2/c1-10-3-5-12(6-4-10)16-15(14(17)18-2)8-7-11-9-13(11)15/h3-6,11,13,16H,7-9H2,1-2H3. The first-order chi connectivity index (χ1) is 8.65. The summed E-state index contributed by atoms with van der Waals surface area (Å²) in [5.74, 6) is 1.08. The lowest BCUT2D eigenvalue weighted by atomic mass is 9.92. The molecule has 1 N–H and O–H groups in total. The lowest BCUT2D eigenvalue weighted by Gasteiger charge is -2.30. The van der Waals surface area contributed by atoms with E-state index in [1.54, 1.807) is 0 Å². The molecule has 0 spiro atoms. The quantitative estimate of drug-likeness (QED) is 0.832. The zero-order valence-corrected chi connectivity index (χ0v) is 10.9. The second-order valence-corrected chi connectivity index (χ2v) is 5.59. The number of carbonyl (C=O) groups excluding carboxylic acids is 1. The smallest absolute Gasteiger partial charge is 0.331 e. The Morgan fingerprint density at radius 2 is 2.11 bits per heavy atom. The number of aryl methyl sites for hydroxylation is 1. The maximum Gasteiger partial charge on any atom is 0.331 e. The Hall–Kier alpha value is -1.51. The number of ether oxygens (including phenoxy) is 1. The minimum absolute atomic E-state index is 0.104. The van der Waals surface area contributed by atoms with Gasteiger partial charge in [0, 0.05) is 5.69 Å². The number of carbonyl (C=O) groups is 1. The number of rotatable bonds is 3. The predicted octanol–water partition coefficient (Wildman–Crippen LogP) is 2.75. The summed E-state index contributed by atoms with van der Waals surface area (Å²) in [6.45, 7) is 2.06. The number of methoxy groups -OCH3 is 1. The van der Waals surface area contributed by atoms with Crippen LogP contribution in [-0.2, 0) is 9.53 Å². The van der Waals surface area contributed by atoms with Crippen LogP contribution in [0.3, 0.4) is 0 Å². The van der Waals surface area contributed by atoms with Gasteiger partial charge in [0.2, 0.25) is 0 Å². The number of hydrogen-bond donors (Lipinski definition) is 1. The summed E-state index contributed by atoms with van der Waals surface area (Å²) in [6, 6.07) is 8.20. The van der Waals surface area contributed by atoms with Crippen LogP contribution in [0, 0.1) is 18.8 Å². The van der Waals surface area contributed by atoms with Crippen LogP contribution in [-0.4, -0.2) is 18.6 Å². The van der Waals surface area contributed by atoms with Crippen LogP contribution >= 0.6 is 0 Å². The highest BCUT2D eigenvalue weighted by Crippen LogP contribution is 2.58. The fraction of sp³-hybridized carbons (Fsp3) is 0.533. The van der Waals surface area contributed by atoms with Crippen LogP contribution in [0.5, 0.6) is 0 Å². The SMILES string of the molecule is COC(=O)C1(Nc2ccc(C)cc2)CCC2CC21. The van der Waals surface area contributed by atoms with E-state index in [9.17, 15) is 4.79 Å². The molecule has 0 bridgehead atoms. The number of nitrogens with one attached hydrogen (secondary N) is 1. The van der Waals surface area contributed by atoms with Crippen LogP contribution in [0.1, 0.15) is 24.8 Å². The zero-order chi connectivity index (χ0) is 12.8.